The fourth-order valence-corrected chi connectivity index (χ4v) is 2.54. The first-order valence-electron chi connectivity index (χ1n) is 7.43. The van der Waals surface area contributed by atoms with Crippen LogP contribution in [0.1, 0.15) is 31.7 Å². The highest BCUT2D eigenvalue weighted by atomic mass is 16.5. The Labute approximate surface area is 120 Å². The van der Waals surface area contributed by atoms with E-state index in [1.807, 2.05) is 32.0 Å². The van der Waals surface area contributed by atoms with Crippen molar-refractivity contribution in [3.8, 4) is 5.75 Å². The van der Waals surface area contributed by atoms with E-state index in [1.54, 1.807) is 0 Å². The number of carbonyl (C=O) groups is 1. The molecule has 0 bridgehead atoms. The van der Waals surface area contributed by atoms with Gasteiger partial charge in [0.1, 0.15) is 5.75 Å². The first-order chi connectivity index (χ1) is 9.69. The molecule has 0 aromatic heterocycles. The highest BCUT2D eigenvalue weighted by molar-refractivity contribution is 5.91. The van der Waals surface area contributed by atoms with E-state index in [1.165, 1.54) is 6.42 Å². The summed E-state index contributed by atoms with van der Waals surface area (Å²) in [6.45, 7) is 6.74. The summed E-state index contributed by atoms with van der Waals surface area (Å²) in [7, 11) is 0. The van der Waals surface area contributed by atoms with Crippen molar-refractivity contribution in [1.29, 1.82) is 0 Å². The largest absolute Gasteiger partial charge is 0.494 e. The number of nitrogens with one attached hydrogen (secondary N) is 2. The molecule has 4 nitrogen and oxygen atoms in total. The van der Waals surface area contributed by atoms with Crippen molar-refractivity contribution >= 4 is 11.6 Å². The molecule has 2 rings (SSSR count). The summed E-state index contributed by atoms with van der Waals surface area (Å²) in [5, 5.41) is 6.32. The molecule has 2 N–H and O–H groups in total. The Kier molecular flexibility index (Phi) is 5.41. The second kappa shape index (κ2) is 7.29. The lowest BCUT2D eigenvalue weighted by molar-refractivity contribution is -0.116. The quantitative estimate of drug-likeness (QED) is 0.840. The Morgan fingerprint density at radius 1 is 1.50 bits per heavy atom. The minimum atomic E-state index is 0.101. The van der Waals surface area contributed by atoms with Gasteiger partial charge in [-0.1, -0.05) is 0 Å². The average Bonchev–Trinajstić information content (AvgIpc) is 2.93. The van der Waals surface area contributed by atoms with Gasteiger partial charge in [-0.15, -0.1) is 0 Å². The lowest BCUT2D eigenvalue weighted by Crippen LogP contribution is -2.15. The van der Waals surface area contributed by atoms with E-state index >= 15 is 0 Å². The average molecular weight is 276 g/mol. The molecule has 1 unspecified atom stereocenters. The summed E-state index contributed by atoms with van der Waals surface area (Å²) in [4.78, 5) is 12.0. The van der Waals surface area contributed by atoms with E-state index in [0.29, 0.717) is 18.9 Å². The summed E-state index contributed by atoms with van der Waals surface area (Å²) in [6, 6.07) is 5.77. The normalized spacial score (nSPS) is 18.0. The van der Waals surface area contributed by atoms with Crippen molar-refractivity contribution in [3.05, 3.63) is 23.8 Å². The summed E-state index contributed by atoms with van der Waals surface area (Å²) in [6.07, 6.45) is 2.75. The highest BCUT2D eigenvalue weighted by Crippen LogP contribution is 2.22. The minimum absolute atomic E-state index is 0.101. The van der Waals surface area contributed by atoms with Crippen molar-refractivity contribution in [2.24, 2.45) is 5.92 Å². The van der Waals surface area contributed by atoms with Crippen LogP contribution in [0.25, 0.3) is 0 Å². The van der Waals surface area contributed by atoms with Gasteiger partial charge in [0.25, 0.3) is 0 Å². The monoisotopic (exact) mass is 276 g/mol. The number of carbonyl (C=O) groups excluding carboxylic acids is 1. The maximum atomic E-state index is 12.0. The van der Waals surface area contributed by atoms with Gasteiger partial charge >= 0.3 is 0 Å². The van der Waals surface area contributed by atoms with Gasteiger partial charge in [-0.05, 0) is 69.5 Å². The molecule has 1 aromatic rings. The molecule has 1 aromatic carbocycles. The third-order valence-electron chi connectivity index (χ3n) is 3.72. The topological polar surface area (TPSA) is 50.4 Å². The SMILES string of the molecule is CCOc1ccc(NC(=O)CCC2CCNC2)c(C)c1. The summed E-state index contributed by atoms with van der Waals surface area (Å²) in [5.41, 5.74) is 1.91. The maximum absolute atomic E-state index is 12.0. The number of benzene rings is 1. The van der Waals surface area contributed by atoms with Gasteiger partial charge in [-0.25, -0.2) is 0 Å². The Balaban J connectivity index is 1.83. The predicted octanol–water partition coefficient (Wildman–Crippen LogP) is 2.72. The first kappa shape index (κ1) is 14.9. The highest BCUT2D eigenvalue weighted by Gasteiger charge is 2.16. The van der Waals surface area contributed by atoms with Gasteiger partial charge in [0.05, 0.1) is 6.61 Å². The van der Waals surface area contributed by atoms with Crippen LogP contribution in [-0.2, 0) is 4.79 Å². The molecule has 1 aliphatic rings. The van der Waals surface area contributed by atoms with Crippen LogP contribution < -0.4 is 15.4 Å². The molecule has 0 radical (unpaired) electrons. The van der Waals surface area contributed by atoms with Gasteiger partial charge in [0, 0.05) is 12.1 Å². The van der Waals surface area contributed by atoms with E-state index in [2.05, 4.69) is 10.6 Å². The molecule has 0 aliphatic carbocycles. The molecule has 4 heteroatoms. The maximum Gasteiger partial charge on any atom is 0.224 e. The molecule has 110 valence electrons. The Morgan fingerprint density at radius 2 is 2.35 bits per heavy atom. The molecule has 1 fully saturated rings. The van der Waals surface area contributed by atoms with Crippen molar-refractivity contribution in [3.63, 3.8) is 0 Å². The van der Waals surface area contributed by atoms with Crippen molar-refractivity contribution < 1.29 is 9.53 Å². The van der Waals surface area contributed by atoms with Crippen LogP contribution >= 0.6 is 0 Å². The molecule has 1 saturated heterocycles. The Hall–Kier alpha value is -1.55. The van der Waals surface area contributed by atoms with Crippen LogP contribution in [0.5, 0.6) is 5.75 Å². The number of rotatable bonds is 6. The lowest BCUT2D eigenvalue weighted by atomic mass is 10.0. The first-order valence-corrected chi connectivity index (χ1v) is 7.43. The van der Waals surface area contributed by atoms with Gasteiger partial charge < -0.3 is 15.4 Å². The Bertz CT molecular complexity index is 454. The summed E-state index contributed by atoms with van der Waals surface area (Å²) < 4.78 is 5.44. The van der Waals surface area contributed by atoms with E-state index in [9.17, 15) is 4.79 Å². The molecule has 1 atom stereocenters. The number of aryl methyl sites for hydroxylation is 1. The molecular formula is C16H24N2O2. The third-order valence-corrected chi connectivity index (χ3v) is 3.72. The van der Waals surface area contributed by atoms with Gasteiger partial charge in [0.15, 0.2) is 0 Å². The second-order valence-electron chi connectivity index (χ2n) is 5.36. The zero-order chi connectivity index (χ0) is 14.4. The number of ether oxygens (including phenoxy) is 1. The number of hydrogen-bond donors (Lipinski definition) is 2. The number of amides is 1. The number of anilines is 1. The van der Waals surface area contributed by atoms with E-state index in [4.69, 9.17) is 4.74 Å². The van der Waals surface area contributed by atoms with Crippen LogP contribution in [0.2, 0.25) is 0 Å². The number of hydrogen-bond acceptors (Lipinski definition) is 3. The Morgan fingerprint density at radius 3 is 3.00 bits per heavy atom. The fourth-order valence-electron chi connectivity index (χ4n) is 2.54. The van der Waals surface area contributed by atoms with Crippen molar-refractivity contribution in [1.82, 2.24) is 5.32 Å². The van der Waals surface area contributed by atoms with Crippen LogP contribution in [-0.4, -0.2) is 25.6 Å². The standard InChI is InChI=1S/C16H24N2O2/c1-3-20-14-5-6-15(12(2)10-14)18-16(19)7-4-13-8-9-17-11-13/h5-6,10,13,17H,3-4,7-9,11H2,1-2H3,(H,18,19). The molecule has 0 saturated carbocycles. The van der Waals surface area contributed by atoms with Gasteiger partial charge in [-0.2, -0.15) is 0 Å². The smallest absolute Gasteiger partial charge is 0.224 e. The minimum Gasteiger partial charge on any atom is -0.494 e. The van der Waals surface area contributed by atoms with Crippen LogP contribution in [0.4, 0.5) is 5.69 Å². The zero-order valence-electron chi connectivity index (χ0n) is 12.4. The van der Waals surface area contributed by atoms with Crippen LogP contribution in [0, 0.1) is 12.8 Å². The van der Waals surface area contributed by atoms with Gasteiger partial charge in [0.2, 0.25) is 5.91 Å². The van der Waals surface area contributed by atoms with Crippen molar-refractivity contribution in [2.45, 2.75) is 33.1 Å². The van der Waals surface area contributed by atoms with Crippen molar-refractivity contribution in [2.75, 3.05) is 25.0 Å². The van der Waals surface area contributed by atoms with Gasteiger partial charge in [-0.3, -0.25) is 4.79 Å². The molecular weight excluding hydrogens is 252 g/mol. The lowest BCUT2D eigenvalue weighted by Gasteiger charge is -2.12. The summed E-state index contributed by atoms with van der Waals surface area (Å²) >= 11 is 0. The summed E-state index contributed by atoms with van der Waals surface area (Å²) in [5.74, 6) is 1.60. The second-order valence-corrected chi connectivity index (χ2v) is 5.36. The van der Waals surface area contributed by atoms with E-state index < -0.39 is 0 Å². The third kappa shape index (κ3) is 4.23. The molecule has 1 aliphatic heterocycles. The van der Waals surface area contributed by atoms with Crippen LogP contribution in [0.15, 0.2) is 18.2 Å². The predicted molar refractivity (Wildman–Crippen MR) is 81.2 cm³/mol. The molecule has 0 spiro atoms. The molecule has 1 amide bonds. The van der Waals surface area contributed by atoms with E-state index in [-0.39, 0.29) is 5.91 Å². The molecule has 20 heavy (non-hydrogen) atoms. The zero-order valence-corrected chi connectivity index (χ0v) is 12.4. The van der Waals surface area contributed by atoms with Crippen LogP contribution in [0.3, 0.4) is 0 Å². The fraction of sp³-hybridized carbons (Fsp3) is 0.562. The van der Waals surface area contributed by atoms with E-state index in [0.717, 1.165) is 36.5 Å². The molecule has 1 heterocycles.